The van der Waals surface area contributed by atoms with Crippen molar-refractivity contribution in [2.24, 2.45) is 5.73 Å². The standard InChI is InChI=1S/C20H24N2O3/c1-14(8-9-16-6-4-3-5-7-16)22-20(24)15(2)25-18-12-10-17(11-13-18)19(21)23/h3-7,10-15H,8-9H2,1-2H3,(H2,21,23)(H,22,24)/t14-,15-/m0/s1. The number of amides is 2. The number of primary amides is 1. The highest BCUT2D eigenvalue weighted by Crippen LogP contribution is 2.14. The molecule has 0 radical (unpaired) electrons. The minimum absolute atomic E-state index is 0.0518. The van der Waals surface area contributed by atoms with E-state index in [-0.39, 0.29) is 11.9 Å². The molecule has 5 nitrogen and oxygen atoms in total. The quantitative estimate of drug-likeness (QED) is 0.775. The van der Waals surface area contributed by atoms with E-state index in [0.717, 1.165) is 12.8 Å². The molecule has 0 heterocycles. The summed E-state index contributed by atoms with van der Waals surface area (Å²) in [7, 11) is 0. The first-order valence-corrected chi connectivity index (χ1v) is 8.36. The number of nitrogens with one attached hydrogen (secondary N) is 1. The molecular formula is C20H24N2O3. The van der Waals surface area contributed by atoms with Crippen LogP contribution in [0.3, 0.4) is 0 Å². The van der Waals surface area contributed by atoms with Crippen molar-refractivity contribution >= 4 is 11.8 Å². The topological polar surface area (TPSA) is 81.4 Å². The average Bonchev–Trinajstić information content (AvgIpc) is 2.61. The lowest BCUT2D eigenvalue weighted by atomic mass is 10.1. The number of ether oxygens (including phenoxy) is 1. The Morgan fingerprint density at radius 2 is 1.68 bits per heavy atom. The van der Waals surface area contributed by atoms with Gasteiger partial charge in [-0.3, -0.25) is 9.59 Å². The Balaban J connectivity index is 1.79. The van der Waals surface area contributed by atoms with Gasteiger partial charge in [-0.05, 0) is 56.5 Å². The number of rotatable bonds is 8. The van der Waals surface area contributed by atoms with Crippen LogP contribution in [0.15, 0.2) is 54.6 Å². The lowest BCUT2D eigenvalue weighted by molar-refractivity contribution is -0.127. The Labute approximate surface area is 148 Å². The maximum absolute atomic E-state index is 12.2. The van der Waals surface area contributed by atoms with Crippen LogP contribution in [-0.2, 0) is 11.2 Å². The molecule has 0 spiro atoms. The van der Waals surface area contributed by atoms with Gasteiger partial charge in [-0.15, -0.1) is 0 Å². The Bertz CT molecular complexity index is 699. The molecule has 0 aliphatic carbocycles. The minimum atomic E-state index is -0.626. The smallest absolute Gasteiger partial charge is 0.260 e. The van der Waals surface area contributed by atoms with Gasteiger partial charge in [0, 0.05) is 11.6 Å². The van der Waals surface area contributed by atoms with E-state index in [1.807, 2.05) is 25.1 Å². The molecule has 2 aromatic carbocycles. The molecule has 0 aliphatic rings. The van der Waals surface area contributed by atoms with Gasteiger partial charge in [-0.2, -0.15) is 0 Å². The lowest BCUT2D eigenvalue weighted by Gasteiger charge is -2.19. The van der Waals surface area contributed by atoms with Crippen LogP contribution in [-0.4, -0.2) is 24.0 Å². The third kappa shape index (κ3) is 5.95. The van der Waals surface area contributed by atoms with E-state index in [4.69, 9.17) is 10.5 Å². The summed E-state index contributed by atoms with van der Waals surface area (Å²) in [5.41, 5.74) is 6.85. The number of carbonyl (C=O) groups excluding carboxylic acids is 2. The number of aryl methyl sites for hydroxylation is 1. The Kier molecular flexibility index (Phi) is 6.57. The summed E-state index contributed by atoms with van der Waals surface area (Å²) in [6.45, 7) is 3.68. The second kappa shape index (κ2) is 8.87. The number of carbonyl (C=O) groups is 2. The van der Waals surface area contributed by atoms with E-state index in [1.165, 1.54) is 5.56 Å². The summed E-state index contributed by atoms with van der Waals surface area (Å²) in [6, 6.07) is 16.6. The second-order valence-corrected chi connectivity index (χ2v) is 6.08. The normalized spacial score (nSPS) is 12.9. The predicted molar refractivity (Wildman–Crippen MR) is 97.4 cm³/mol. The molecule has 0 bridgehead atoms. The SMILES string of the molecule is C[C@H](Oc1ccc(C(N)=O)cc1)C(=O)N[C@@H](C)CCc1ccccc1. The maximum Gasteiger partial charge on any atom is 0.260 e. The van der Waals surface area contributed by atoms with Gasteiger partial charge in [0.2, 0.25) is 5.91 Å². The van der Waals surface area contributed by atoms with Crippen molar-refractivity contribution < 1.29 is 14.3 Å². The van der Waals surface area contributed by atoms with Gasteiger partial charge in [-0.25, -0.2) is 0 Å². The molecule has 0 unspecified atom stereocenters. The van der Waals surface area contributed by atoms with Gasteiger partial charge in [-0.1, -0.05) is 30.3 Å². The number of hydrogen-bond donors (Lipinski definition) is 2. The summed E-state index contributed by atoms with van der Waals surface area (Å²) in [6.07, 6.45) is 1.14. The lowest BCUT2D eigenvalue weighted by Crippen LogP contribution is -2.41. The van der Waals surface area contributed by atoms with Crippen molar-refractivity contribution in [2.45, 2.75) is 38.8 Å². The Morgan fingerprint density at radius 3 is 2.28 bits per heavy atom. The Morgan fingerprint density at radius 1 is 1.04 bits per heavy atom. The van der Waals surface area contributed by atoms with Crippen LogP contribution in [0.1, 0.15) is 36.2 Å². The first-order chi connectivity index (χ1) is 12.0. The monoisotopic (exact) mass is 340 g/mol. The Hall–Kier alpha value is -2.82. The first-order valence-electron chi connectivity index (χ1n) is 8.36. The first kappa shape index (κ1) is 18.5. The zero-order valence-electron chi connectivity index (χ0n) is 14.6. The van der Waals surface area contributed by atoms with E-state index in [1.54, 1.807) is 31.2 Å². The summed E-state index contributed by atoms with van der Waals surface area (Å²) >= 11 is 0. The summed E-state index contributed by atoms with van der Waals surface area (Å²) in [4.78, 5) is 23.3. The van der Waals surface area contributed by atoms with Crippen LogP contribution in [0.25, 0.3) is 0 Å². The largest absolute Gasteiger partial charge is 0.481 e. The van der Waals surface area contributed by atoms with Crippen molar-refractivity contribution in [3.8, 4) is 5.75 Å². The van der Waals surface area contributed by atoms with E-state index in [9.17, 15) is 9.59 Å². The van der Waals surface area contributed by atoms with Crippen molar-refractivity contribution in [2.75, 3.05) is 0 Å². The van der Waals surface area contributed by atoms with Crippen LogP contribution in [0, 0.1) is 0 Å². The van der Waals surface area contributed by atoms with E-state index < -0.39 is 12.0 Å². The molecule has 2 atom stereocenters. The molecule has 3 N–H and O–H groups in total. The third-order valence-electron chi connectivity index (χ3n) is 3.92. The molecule has 0 aliphatic heterocycles. The van der Waals surface area contributed by atoms with Crippen LogP contribution < -0.4 is 15.8 Å². The van der Waals surface area contributed by atoms with Crippen LogP contribution in [0.4, 0.5) is 0 Å². The molecule has 0 saturated heterocycles. The number of benzene rings is 2. The summed E-state index contributed by atoms with van der Waals surface area (Å²) in [5, 5.41) is 2.96. The van der Waals surface area contributed by atoms with Crippen molar-refractivity contribution in [3.63, 3.8) is 0 Å². The molecule has 25 heavy (non-hydrogen) atoms. The van der Waals surface area contributed by atoms with Gasteiger partial charge in [0.05, 0.1) is 0 Å². The average molecular weight is 340 g/mol. The van der Waals surface area contributed by atoms with E-state index in [2.05, 4.69) is 17.4 Å². The maximum atomic E-state index is 12.2. The number of hydrogen-bond acceptors (Lipinski definition) is 3. The minimum Gasteiger partial charge on any atom is -0.481 e. The third-order valence-corrected chi connectivity index (χ3v) is 3.92. The molecule has 132 valence electrons. The second-order valence-electron chi connectivity index (χ2n) is 6.08. The molecule has 2 rings (SSSR count). The molecule has 5 heteroatoms. The van der Waals surface area contributed by atoms with E-state index >= 15 is 0 Å². The fourth-order valence-electron chi connectivity index (χ4n) is 2.42. The van der Waals surface area contributed by atoms with Gasteiger partial charge in [0.15, 0.2) is 6.10 Å². The van der Waals surface area contributed by atoms with Gasteiger partial charge in [0.25, 0.3) is 5.91 Å². The molecule has 2 aromatic rings. The highest BCUT2D eigenvalue weighted by atomic mass is 16.5. The molecule has 0 aromatic heterocycles. The molecule has 0 fully saturated rings. The van der Waals surface area contributed by atoms with Crippen LogP contribution in [0.2, 0.25) is 0 Å². The highest BCUT2D eigenvalue weighted by molar-refractivity contribution is 5.92. The molecular weight excluding hydrogens is 316 g/mol. The van der Waals surface area contributed by atoms with Gasteiger partial charge < -0.3 is 15.8 Å². The van der Waals surface area contributed by atoms with Crippen LogP contribution >= 0.6 is 0 Å². The summed E-state index contributed by atoms with van der Waals surface area (Å²) in [5.74, 6) is -0.145. The van der Waals surface area contributed by atoms with Crippen molar-refractivity contribution in [1.29, 1.82) is 0 Å². The summed E-state index contributed by atoms with van der Waals surface area (Å²) < 4.78 is 5.61. The van der Waals surface area contributed by atoms with E-state index in [0.29, 0.717) is 11.3 Å². The van der Waals surface area contributed by atoms with Crippen molar-refractivity contribution in [3.05, 3.63) is 65.7 Å². The van der Waals surface area contributed by atoms with Crippen molar-refractivity contribution in [1.82, 2.24) is 5.32 Å². The fraction of sp³-hybridized carbons (Fsp3) is 0.300. The predicted octanol–water partition coefficient (Wildman–Crippen LogP) is 2.69. The van der Waals surface area contributed by atoms with Gasteiger partial charge >= 0.3 is 0 Å². The fourth-order valence-corrected chi connectivity index (χ4v) is 2.42. The number of nitrogens with two attached hydrogens (primary N) is 1. The zero-order chi connectivity index (χ0) is 18.2. The van der Waals surface area contributed by atoms with Crippen LogP contribution in [0.5, 0.6) is 5.75 Å². The molecule has 0 saturated carbocycles. The molecule has 2 amide bonds. The van der Waals surface area contributed by atoms with Gasteiger partial charge in [0.1, 0.15) is 5.75 Å². The highest BCUT2D eigenvalue weighted by Gasteiger charge is 2.17. The zero-order valence-corrected chi connectivity index (χ0v) is 14.6.